The van der Waals surface area contributed by atoms with Crippen LogP contribution < -0.4 is 0 Å². The number of tetrazole rings is 3. The Morgan fingerprint density at radius 3 is 1.10 bits per heavy atom. The van der Waals surface area contributed by atoms with Crippen LogP contribution in [0.5, 0.6) is 0 Å². The summed E-state index contributed by atoms with van der Waals surface area (Å²) < 4.78 is 3.76. The molecule has 0 aliphatic rings. The van der Waals surface area contributed by atoms with Gasteiger partial charge in [0.1, 0.15) is 19.0 Å². The first-order valence-electron chi connectivity index (χ1n) is 5.36. The largest absolute Gasteiger partial charge is 0.260 e. The van der Waals surface area contributed by atoms with Gasteiger partial charge in [-0.3, -0.25) is 0 Å². The molecule has 0 atom stereocenters. The first-order chi connectivity index (χ1) is 10.4. The Balaban J connectivity index is 1.92. The highest BCUT2D eigenvalue weighted by atomic mass is 15.6. The highest BCUT2D eigenvalue weighted by Crippen LogP contribution is 2.05. The lowest BCUT2D eigenvalue weighted by molar-refractivity contribution is 0.670. The van der Waals surface area contributed by atoms with Crippen molar-refractivity contribution in [3.8, 4) is 17.8 Å². The van der Waals surface area contributed by atoms with E-state index in [0.717, 1.165) is 0 Å². The Kier molecular flexibility index (Phi) is 2.32. The molecule has 15 nitrogen and oxygen atoms in total. The molecule has 15 heteroatoms. The van der Waals surface area contributed by atoms with E-state index in [4.69, 9.17) is 0 Å². The molecule has 21 heavy (non-hydrogen) atoms. The van der Waals surface area contributed by atoms with E-state index in [2.05, 4.69) is 61.5 Å². The SMILES string of the molecule is c1nnnn1-c1nc(-n2cnnn2)nc(-n2cnnn2)n1. The normalized spacial score (nSPS) is 10.9. The fraction of sp³-hybridized carbons (Fsp3) is 0. The highest BCUT2D eigenvalue weighted by Gasteiger charge is 2.13. The van der Waals surface area contributed by atoms with Crippen LogP contribution >= 0.6 is 0 Å². The van der Waals surface area contributed by atoms with E-state index < -0.39 is 0 Å². The van der Waals surface area contributed by atoms with Crippen molar-refractivity contribution in [3.63, 3.8) is 0 Å². The zero-order valence-corrected chi connectivity index (χ0v) is 9.94. The number of rotatable bonds is 3. The molecule has 0 aromatic carbocycles. The van der Waals surface area contributed by atoms with Crippen molar-refractivity contribution in [1.82, 2.24) is 75.6 Å². The Morgan fingerprint density at radius 2 is 0.857 bits per heavy atom. The fourth-order valence-corrected chi connectivity index (χ4v) is 1.41. The standard InChI is InChI=1S/C6H3N15/c1-7-13-16-19(1)4-10-5(20-2-8-14-17-20)12-6(11-4)21-3-9-15-18-21/h1-3H. The third-order valence-electron chi connectivity index (χ3n) is 2.26. The second-order valence-electron chi connectivity index (χ2n) is 3.50. The topological polar surface area (TPSA) is 169 Å². The maximum Gasteiger partial charge on any atom is 0.260 e. The van der Waals surface area contributed by atoms with Gasteiger partial charge in [-0.15, -0.1) is 15.3 Å². The van der Waals surface area contributed by atoms with Gasteiger partial charge in [0.05, 0.1) is 0 Å². The van der Waals surface area contributed by atoms with Crippen LogP contribution in [0.1, 0.15) is 0 Å². The molecule has 4 aromatic heterocycles. The van der Waals surface area contributed by atoms with Crippen LogP contribution in [0.25, 0.3) is 17.8 Å². The average Bonchev–Trinajstić information content (AvgIpc) is 3.29. The quantitative estimate of drug-likeness (QED) is 0.369. The molecule has 0 N–H and O–H groups in total. The van der Waals surface area contributed by atoms with Gasteiger partial charge in [-0.25, -0.2) is 0 Å². The van der Waals surface area contributed by atoms with Crippen LogP contribution in [0.2, 0.25) is 0 Å². The predicted octanol–water partition coefficient (Wildman–Crippen LogP) is -3.20. The molecule has 0 saturated carbocycles. The van der Waals surface area contributed by atoms with Crippen LogP contribution in [0.15, 0.2) is 19.0 Å². The summed E-state index contributed by atoms with van der Waals surface area (Å²) in [6, 6.07) is 0. The van der Waals surface area contributed by atoms with Crippen molar-refractivity contribution in [3.05, 3.63) is 19.0 Å². The van der Waals surface area contributed by atoms with Crippen molar-refractivity contribution in [2.24, 2.45) is 0 Å². The van der Waals surface area contributed by atoms with Crippen molar-refractivity contribution < 1.29 is 0 Å². The molecule has 4 aromatic rings. The van der Waals surface area contributed by atoms with Gasteiger partial charge in [-0.1, -0.05) is 0 Å². The second kappa shape index (κ2) is 4.40. The Labute approximate surface area is 113 Å². The van der Waals surface area contributed by atoms with Gasteiger partial charge in [-0.2, -0.15) is 29.0 Å². The lowest BCUT2D eigenvalue weighted by Gasteiger charge is -2.04. The minimum atomic E-state index is 0.158. The molecule has 0 spiro atoms. The summed E-state index contributed by atoms with van der Waals surface area (Å²) in [6.45, 7) is 0. The molecule has 4 heterocycles. The average molecular weight is 285 g/mol. The molecule has 4 rings (SSSR count). The van der Waals surface area contributed by atoms with Crippen LogP contribution in [0, 0.1) is 0 Å². The minimum Gasteiger partial charge on any atom is -0.173 e. The third kappa shape index (κ3) is 1.93. The van der Waals surface area contributed by atoms with Gasteiger partial charge in [0.15, 0.2) is 0 Å². The van der Waals surface area contributed by atoms with E-state index >= 15 is 0 Å². The number of nitrogens with zero attached hydrogens (tertiary/aromatic N) is 15. The zero-order chi connectivity index (χ0) is 14.1. The molecule has 0 unspecified atom stereocenters. The van der Waals surface area contributed by atoms with E-state index in [1.807, 2.05) is 0 Å². The Hall–Kier alpha value is -3.78. The summed E-state index contributed by atoms with van der Waals surface area (Å²) in [5, 5.41) is 32.3. The number of hydrogen-bond acceptors (Lipinski definition) is 12. The molecule has 102 valence electrons. The van der Waals surface area contributed by atoms with Crippen LogP contribution in [0.4, 0.5) is 0 Å². The van der Waals surface area contributed by atoms with Gasteiger partial charge < -0.3 is 0 Å². The third-order valence-corrected chi connectivity index (χ3v) is 2.26. The van der Waals surface area contributed by atoms with Gasteiger partial charge in [0.2, 0.25) is 0 Å². The van der Waals surface area contributed by atoms with Gasteiger partial charge in [-0.05, 0) is 31.3 Å². The molecule has 0 fully saturated rings. The maximum absolute atomic E-state index is 4.16. The van der Waals surface area contributed by atoms with Crippen molar-refractivity contribution in [2.45, 2.75) is 0 Å². The minimum absolute atomic E-state index is 0.158. The van der Waals surface area contributed by atoms with E-state index in [0.29, 0.717) is 0 Å². The smallest absolute Gasteiger partial charge is 0.173 e. The van der Waals surface area contributed by atoms with E-state index in [1.54, 1.807) is 0 Å². The summed E-state index contributed by atoms with van der Waals surface area (Å²) in [5.41, 5.74) is 0. The van der Waals surface area contributed by atoms with E-state index in [-0.39, 0.29) is 17.8 Å². The lowest BCUT2D eigenvalue weighted by atomic mass is 10.8. The van der Waals surface area contributed by atoms with Crippen molar-refractivity contribution >= 4 is 0 Å². The number of hydrogen-bond donors (Lipinski definition) is 0. The molecule has 0 aliphatic heterocycles. The predicted molar refractivity (Wildman–Crippen MR) is 58.0 cm³/mol. The maximum atomic E-state index is 4.16. The van der Waals surface area contributed by atoms with Crippen LogP contribution in [0.3, 0.4) is 0 Å². The van der Waals surface area contributed by atoms with Gasteiger partial charge >= 0.3 is 0 Å². The van der Waals surface area contributed by atoms with Crippen LogP contribution in [-0.4, -0.2) is 75.6 Å². The lowest BCUT2D eigenvalue weighted by Crippen LogP contribution is -2.14. The van der Waals surface area contributed by atoms with Crippen molar-refractivity contribution in [1.29, 1.82) is 0 Å². The first kappa shape index (κ1) is 11.1. The van der Waals surface area contributed by atoms with Crippen LogP contribution in [-0.2, 0) is 0 Å². The van der Waals surface area contributed by atoms with Gasteiger partial charge in [0.25, 0.3) is 17.8 Å². The molecular weight excluding hydrogens is 282 g/mol. The Morgan fingerprint density at radius 1 is 0.524 bits per heavy atom. The molecular formula is C6H3N15. The monoisotopic (exact) mass is 285 g/mol. The molecule has 0 bridgehead atoms. The van der Waals surface area contributed by atoms with E-state index in [9.17, 15) is 0 Å². The van der Waals surface area contributed by atoms with E-state index in [1.165, 1.54) is 33.0 Å². The molecule has 0 amide bonds. The summed E-state index contributed by atoms with van der Waals surface area (Å²) >= 11 is 0. The zero-order valence-electron chi connectivity index (χ0n) is 9.94. The Bertz CT molecular complexity index is 701. The first-order valence-corrected chi connectivity index (χ1v) is 5.36. The summed E-state index contributed by atoms with van der Waals surface area (Å²) in [5.74, 6) is 0.475. The van der Waals surface area contributed by atoms with Crippen molar-refractivity contribution in [2.75, 3.05) is 0 Å². The second-order valence-corrected chi connectivity index (χ2v) is 3.50. The summed E-state index contributed by atoms with van der Waals surface area (Å²) in [7, 11) is 0. The fourth-order valence-electron chi connectivity index (χ4n) is 1.41. The number of aromatic nitrogens is 15. The van der Waals surface area contributed by atoms with Gasteiger partial charge in [0, 0.05) is 0 Å². The highest BCUT2D eigenvalue weighted by molar-refractivity contribution is 5.22. The summed E-state index contributed by atoms with van der Waals surface area (Å²) in [6.07, 6.45) is 4.01. The summed E-state index contributed by atoms with van der Waals surface area (Å²) in [4.78, 5) is 12.5. The molecule has 0 aliphatic carbocycles. The molecule has 0 saturated heterocycles. The molecule has 0 radical (unpaired) electrons.